The Hall–Kier alpha value is -0.980. The van der Waals surface area contributed by atoms with Gasteiger partial charge in [-0.1, -0.05) is 0 Å². The van der Waals surface area contributed by atoms with Crippen molar-refractivity contribution >= 4 is 32.4 Å². The van der Waals surface area contributed by atoms with Gasteiger partial charge in [-0.15, -0.1) is 11.3 Å². The molecule has 0 amide bonds. The van der Waals surface area contributed by atoms with Crippen LogP contribution in [0.25, 0.3) is 10.2 Å². The molecule has 0 aliphatic rings. The van der Waals surface area contributed by atoms with Gasteiger partial charge in [0.1, 0.15) is 5.75 Å². The Balaban J connectivity index is 2.14. The molecule has 4 nitrogen and oxygen atoms in total. The lowest BCUT2D eigenvalue weighted by molar-refractivity contribution is 0.164. The van der Waals surface area contributed by atoms with Gasteiger partial charge in [-0.3, -0.25) is 4.21 Å². The quantitative estimate of drug-likeness (QED) is 0.738. The number of rotatable bonds is 7. The summed E-state index contributed by atoms with van der Waals surface area (Å²) in [7, 11) is -1.09. The highest BCUT2D eigenvalue weighted by Crippen LogP contribution is 2.28. The minimum atomic E-state index is -1.09. The first-order valence-corrected chi connectivity index (χ1v) is 8.37. The lowest BCUT2D eigenvalue weighted by atomic mass is 10.3. The van der Waals surface area contributed by atoms with Crippen molar-refractivity contribution in [2.24, 2.45) is 0 Å². The van der Waals surface area contributed by atoms with Crippen molar-refractivity contribution in [1.82, 2.24) is 4.98 Å². The Bertz CT molecular complexity index is 568. The molecule has 0 fully saturated rings. The molecule has 2 aromatic rings. The van der Waals surface area contributed by atoms with Gasteiger partial charge in [-0.2, -0.15) is 0 Å². The molecule has 6 heteroatoms. The molecule has 1 heterocycles. The fourth-order valence-corrected chi connectivity index (χ4v) is 3.86. The van der Waals surface area contributed by atoms with Crippen LogP contribution in [0, 0.1) is 0 Å². The second-order valence-electron chi connectivity index (χ2n) is 3.79. The summed E-state index contributed by atoms with van der Waals surface area (Å²) >= 11 is 1.46. The highest BCUT2D eigenvalue weighted by atomic mass is 32.2. The van der Waals surface area contributed by atoms with E-state index in [9.17, 15) is 4.21 Å². The third kappa shape index (κ3) is 3.75. The van der Waals surface area contributed by atoms with E-state index in [1.807, 2.05) is 32.0 Å². The zero-order chi connectivity index (χ0) is 13.7. The van der Waals surface area contributed by atoms with Crippen molar-refractivity contribution in [3.05, 3.63) is 18.2 Å². The van der Waals surface area contributed by atoms with Gasteiger partial charge in [-0.05, 0) is 32.0 Å². The van der Waals surface area contributed by atoms with E-state index in [-0.39, 0.29) is 0 Å². The van der Waals surface area contributed by atoms with Gasteiger partial charge in [-0.25, -0.2) is 4.98 Å². The number of hydrogen-bond acceptors (Lipinski definition) is 5. The molecule has 1 aromatic carbocycles. The zero-order valence-electron chi connectivity index (χ0n) is 11.0. The van der Waals surface area contributed by atoms with Crippen LogP contribution in [0.1, 0.15) is 13.8 Å². The van der Waals surface area contributed by atoms with Crippen molar-refractivity contribution in [3.8, 4) is 5.75 Å². The van der Waals surface area contributed by atoms with Crippen LogP contribution in [0.3, 0.4) is 0 Å². The zero-order valence-corrected chi connectivity index (χ0v) is 12.7. The number of thiazole rings is 1. The predicted molar refractivity (Wildman–Crippen MR) is 78.6 cm³/mol. The molecule has 1 unspecified atom stereocenters. The molecule has 104 valence electrons. The van der Waals surface area contributed by atoms with Crippen molar-refractivity contribution in [1.29, 1.82) is 0 Å². The van der Waals surface area contributed by atoms with Crippen molar-refractivity contribution in [2.45, 2.75) is 18.2 Å². The maximum absolute atomic E-state index is 12.0. The van der Waals surface area contributed by atoms with Gasteiger partial charge in [0.05, 0.1) is 40.0 Å². The lowest BCUT2D eigenvalue weighted by Gasteiger charge is -2.00. The number of ether oxygens (including phenoxy) is 2. The molecule has 0 saturated carbocycles. The van der Waals surface area contributed by atoms with Crippen LogP contribution < -0.4 is 4.74 Å². The van der Waals surface area contributed by atoms with E-state index in [1.54, 1.807) is 0 Å². The highest BCUT2D eigenvalue weighted by Gasteiger charge is 2.11. The summed E-state index contributed by atoms with van der Waals surface area (Å²) in [4.78, 5) is 4.40. The van der Waals surface area contributed by atoms with E-state index >= 15 is 0 Å². The fraction of sp³-hybridized carbons (Fsp3) is 0.462. The van der Waals surface area contributed by atoms with Gasteiger partial charge >= 0.3 is 0 Å². The third-order valence-corrected chi connectivity index (χ3v) is 5.10. The fourth-order valence-electron chi connectivity index (χ4n) is 1.60. The van der Waals surface area contributed by atoms with Crippen LogP contribution >= 0.6 is 11.3 Å². The lowest BCUT2D eigenvalue weighted by Crippen LogP contribution is -2.05. The van der Waals surface area contributed by atoms with Crippen LogP contribution in [0.5, 0.6) is 5.75 Å². The molecule has 19 heavy (non-hydrogen) atoms. The van der Waals surface area contributed by atoms with Crippen molar-refractivity contribution in [2.75, 3.05) is 25.6 Å². The molecular formula is C13H17NO3S2. The van der Waals surface area contributed by atoms with Crippen molar-refractivity contribution < 1.29 is 13.7 Å². The first kappa shape index (κ1) is 14.4. The number of nitrogens with zero attached hydrogens (tertiary/aromatic N) is 1. The van der Waals surface area contributed by atoms with E-state index < -0.39 is 10.8 Å². The average Bonchev–Trinajstić information content (AvgIpc) is 2.82. The maximum Gasteiger partial charge on any atom is 0.181 e. The predicted octanol–water partition coefficient (Wildman–Crippen LogP) is 2.84. The minimum absolute atomic E-state index is 0.492. The second kappa shape index (κ2) is 6.98. The highest BCUT2D eigenvalue weighted by molar-refractivity contribution is 7.87. The number of fused-ring (bicyclic) bond motifs is 1. The summed E-state index contributed by atoms with van der Waals surface area (Å²) in [5, 5.41) is 0. The maximum atomic E-state index is 12.0. The van der Waals surface area contributed by atoms with E-state index in [0.29, 0.717) is 29.9 Å². The molecule has 1 atom stereocenters. The molecule has 0 N–H and O–H groups in total. The van der Waals surface area contributed by atoms with Gasteiger partial charge in [0, 0.05) is 6.61 Å². The topological polar surface area (TPSA) is 48.4 Å². The van der Waals surface area contributed by atoms with Gasteiger partial charge in [0.15, 0.2) is 4.34 Å². The summed E-state index contributed by atoms with van der Waals surface area (Å²) in [6.07, 6.45) is 0. The van der Waals surface area contributed by atoms with E-state index in [2.05, 4.69) is 4.98 Å². The van der Waals surface area contributed by atoms with Crippen LogP contribution in [0.15, 0.2) is 22.5 Å². The van der Waals surface area contributed by atoms with E-state index in [0.717, 1.165) is 16.0 Å². The molecule has 0 spiro atoms. The standard InChI is InChI=1S/C13H17NO3S2/c1-3-16-7-8-19(15)13-14-11-6-5-10(17-4-2)9-12(11)18-13/h5-6,9H,3-4,7-8H2,1-2H3. The number of aromatic nitrogens is 1. The van der Waals surface area contributed by atoms with E-state index in [4.69, 9.17) is 9.47 Å². The molecule has 0 aliphatic carbocycles. The Morgan fingerprint density at radius 1 is 1.32 bits per heavy atom. The minimum Gasteiger partial charge on any atom is -0.494 e. The summed E-state index contributed by atoms with van der Waals surface area (Å²) in [6, 6.07) is 5.73. The first-order chi connectivity index (χ1) is 9.24. The van der Waals surface area contributed by atoms with Crippen LogP contribution in [0.2, 0.25) is 0 Å². The molecule has 0 bridgehead atoms. The normalized spacial score (nSPS) is 12.7. The van der Waals surface area contributed by atoms with Gasteiger partial charge in [0.2, 0.25) is 0 Å². The summed E-state index contributed by atoms with van der Waals surface area (Å²) in [6.45, 7) is 5.66. The third-order valence-electron chi connectivity index (χ3n) is 2.46. The molecule has 2 rings (SSSR count). The smallest absolute Gasteiger partial charge is 0.181 e. The second-order valence-corrected chi connectivity index (χ2v) is 6.56. The Morgan fingerprint density at radius 2 is 2.16 bits per heavy atom. The Labute approximate surface area is 119 Å². The van der Waals surface area contributed by atoms with Gasteiger partial charge in [0.25, 0.3) is 0 Å². The molecule has 1 aromatic heterocycles. The largest absolute Gasteiger partial charge is 0.494 e. The number of hydrogen-bond donors (Lipinski definition) is 0. The SMILES string of the molecule is CCOCCS(=O)c1nc2ccc(OCC)cc2s1. The summed E-state index contributed by atoms with van der Waals surface area (Å²) in [5.74, 6) is 1.32. The summed E-state index contributed by atoms with van der Waals surface area (Å²) in [5.41, 5.74) is 0.869. The van der Waals surface area contributed by atoms with E-state index in [1.165, 1.54) is 11.3 Å². The average molecular weight is 299 g/mol. The molecule has 0 radical (unpaired) electrons. The molecule has 0 aliphatic heterocycles. The van der Waals surface area contributed by atoms with Crippen LogP contribution in [0.4, 0.5) is 0 Å². The van der Waals surface area contributed by atoms with Crippen molar-refractivity contribution in [3.63, 3.8) is 0 Å². The summed E-state index contributed by atoms with van der Waals surface area (Å²) < 4.78 is 24.4. The Morgan fingerprint density at radius 3 is 2.89 bits per heavy atom. The van der Waals surface area contributed by atoms with Crippen LogP contribution in [-0.2, 0) is 15.5 Å². The number of benzene rings is 1. The Kier molecular flexibility index (Phi) is 5.30. The van der Waals surface area contributed by atoms with Crippen LogP contribution in [-0.4, -0.2) is 34.8 Å². The molecular weight excluding hydrogens is 282 g/mol. The monoisotopic (exact) mass is 299 g/mol. The molecule has 0 saturated heterocycles. The first-order valence-electron chi connectivity index (χ1n) is 6.24. The van der Waals surface area contributed by atoms with Gasteiger partial charge < -0.3 is 9.47 Å².